The molecule has 0 aliphatic rings. The molecule has 0 bridgehead atoms. The van der Waals surface area contributed by atoms with Crippen molar-refractivity contribution < 1.29 is 22.7 Å². The van der Waals surface area contributed by atoms with E-state index >= 15 is 0 Å². The molecule has 0 spiro atoms. The molecule has 0 radical (unpaired) electrons. The molecular weight excluding hydrogens is 354 g/mol. The smallest absolute Gasteiger partial charge is 0.338 e. The van der Waals surface area contributed by atoms with E-state index in [1.807, 2.05) is 0 Å². The Kier molecular flexibility index (Phi) is 5.69. The highest BCUT2D eigenvalue weighted by Gasteiger charge is 2.18. The third kappa shape index (κ3) is 4.18. The largest absolute Gasteiger partial charge is 0.495 e. The SMILES string of the molecule is CCOC(=O)c1ccc(S(=O)(=O)Nc2cc(Cl)ccc2OC)cc1. The molecular formula is C16H16ClNO5S. The number of esters is 1. The molecule has 128 valence electrons. The summed E-state index contributed by atoms with van der Waals surface area (Å²) in [5.74, 6) is -0.169. The van der Waals surface area contributed by atoms with Gasteiger partial charge in [-0.2, -0.15) is 0 Å². The Morgan fingerprint density at radius 2 is 1.83 bits per heavy atom. The number of methoxy groups -OCH3 is 1. The molecule has 0 fully saturated rings. The normalized spacial score (nSPS) is 11.0. The maximum Gasteiger partial charge on any atom is 0.338 e. The number of rotatable bonds is 6. The topological polar surface area (TPSA) is 81.7 Å². The summed E-state index contributed by atoms with van der Waals surface area (Å²) < 4.78 is 37.3. The van der Waals surface area contributed by atoms with Crippen LogP contribution >= 0.6 is 11.6 Å². The van der Waals surface area contributed by atoms with E-state index in [1.165, 1.54) is 37.4 Å². The average Bonchev–Trinajstić information content (AvgIpc) is 2.55. The van der Waals surface area contributed by atoms with Gasteiger partial charge in [-0.05, 0) is 49.4 Å². The van der Waals surface area contributed by atoms with Crippen LogP contribution in [0.25, 0.3) is 0 Å². The first-order valence-electron chi connectivity index (χ1n) is 7.01. The van der Waals surface area contributed by atoms with Gasteiger partial charge in [0, 0.05) is 5.02 Å². The number of nitrogens with one attached hydrogen (secondary N) is 1. The number of ether oxygens (including phenoxy) is 2. The Balaban J connectivity index is 2.28. The second-order valence-corrected chi connectivity index (χ2v) is 6.81. The number of hydrogen-bond acceptors (Lipinski definition) is 5. The zero-order valence-electron chi connectivity index (χ0n) is 13.1. The Morgan fingerprint density at radius 3 is 2.42 bits per heavy atom. The summed E-state index contributed by atoms with van der Waals surface area (Å²) in [7, 11) is -2.43. The van der Waals surface area contributed by atoms with Gasteiger partial charge in [-0.1, -0.05) is 11.6 Å². The number of carbonyl (C=O) groups is 1. The molecule has 1 N–H and O–H groups in total. The molecule has 0 aliphatic heterocycles. The summed E-state index contributed by atoms with van der Waals surface area (Å²) in [5, 5.41) is 0.367. The summed E-state index contributed by atoms with van der Waals surface area (Å²) in [6.07, 6.45) is 0. The second-order valence-electron chi connectivity index (χ2n) is 4.69. The Hall–Kier alpha value is -2.25. The number of benzene rings is 2. The Bertz CT molecular complexity index is 834. The quantitative estimate of drug-likeness (QED) is 0.790. The van der Waals surface area contributed by atoms with Crippen LogP contribution in [-0.2, 0) is 14.8 Å². The zero-order valence-corrected chi connectivity index (χ0v) is 14.6. The fourth-order valence-electron chi connectivity index (χ4n) is 1.95. The van der Waals surface area contributed by atoms with Crippen molar-refractivity contribution in [2.75, 3.05) is 18.4 Å². The molecule has 0 aromatic heterocycles. The average molecular weight is 370 g/mol. The van der Waals surface area contributed by atoms with E-state index in [0.717, 1.165) is 0 Å². The van der Waals surface area contributed by atoms with Crippen LogP contribution in [0.5, 0.6) is 5.75 Å². The molecule has 2 aromatic carbocycles. The molecule has 8 heteroatoms. The number of hydrogen-bond donors (Lipinski definition) is 1. The number of halogens is 1. The van der Waals surface area contributed by atoms with Crippen molar-refractivity contribution in [2.24, 2.45) is 0 Å². The molecule has 2 aromatic rings. The minimum atomic E-state index is -3.86. The van der Waals surface area contributed by atoms with Gasteiger partial charge in [0.15, 0.2) is 0 Å². The van der Waals surface area contributed by atoms with Crippen molar-refractivity contribution in [3.8, 4) is 5.75 Å². The van der Waals surface area contributed by atoms with Crippen LogP contribution in [0.4, 0.5) is 5.69 Å². The summed E-state index contributed by atoms with van der Waals surface area (Å²) in [5.41, 5.74) is 0.496. The summed E-state index contributed by atoms with van der Waals surface area (Å²) in [6, 6.07) is 10.0. The van der Waals surface area contributed by atoms with E-state index < -0.39 is 16.0 Å². The lowest BCUT2D eigenvalue weighted by molar-refractivity contribution is 0.0526. The highest BCUT2D eigenvalue weighted by molar-refractivity contribution is 7.92. The predicted octanol–water partition coefficient (Wildman–Crippen LogP) is 3.33. The van der Waals surface area contributed by atoms with Gasteiger partial charge in [-0.15, -0.1) is 0 Å². The van der Waals surface area contributed by atoms with Gasteiger partial charge in [0.05, 0.1) is 29.9 Å². The van der Waals surface area contributed by atoms with Crippen molar-refractivity contribution in [2.45, 2.75) is 11.8 Å². The molecule has 6 nitrogen and oxygen atoms in total. The first-order valence-corrected chi connectivity index (χ1v) is 8.87. The van der Waals surface area contributed by atoms with Gasteiger partial charge in [-0.25, -0.2) is 13.2 Å². The van der Waals surface area contributed by atoms with E-state index in [0.29, 0.717) is 10.8 Å². The third-order valence-corrected chi connectivity index (χ3v) is 4.70. The van der Waals surface area contributed by atoms with E-state index in [-0.39, 0.29) is 22.8 Å². The zero-order chi connectivity index (χ0) is 17.7. The number of anilines is 1. The van der Waals surface area contributed by atoms with Crippen LogP contribution in [0.1, 0.15) is 17.3 Å². The lowest BCUT2D eigenvalue weighted by atomic mass is 10.2. The van der Waals surface area contributed by atoms with E-state index in [1.54, 1.807) is 19.1 Å². The Labute approximate surface area is 145 Å². The summed E-state index contributed by atoms with van der Waals surface area (Å²) >= 11 is 5.89. The van der Waals surface area contributed by atoms with Crippen LogP contribution in [0.15, 0.2) is 47.4 Å². The van der Waals surface area contributed by atoms with Gasteiger partial charge in [0.2, 0.25) is 0 Å². The number of sulfonamides is 1. The van der Waals surface area contributed by atoms with Crippen LogP contribution in [0.3, 0.4) is 0 Å². The molecule has 0 atom stereocenters. The molecule has 0 aliphatic carbocycles. The van der Waals surface area contributed by atoms with Crippen molar-refractivity contribution in [3.63, 3.8) is 0 Å². The molecule has 0 unspecified atom stereocenters. The summed E-state index contributed by atoms with van der Waals surface area (Å²) in [4.78, 5) is 11.6. The number of carbonyl (C=O) groups excluding carboxylic acids is 1. The van der Waals surface area contributed by atoms with E-state index in [2.05, 4.69) is 4.72 Å². The van der Waals surface area contributed by atoms with Gasteiger partial charge >= 0.3 is 5.97 Å². The van der Waals surface area contributed by atoms with Crippen molar-refractivity contribution in [1.29, 1.82) is 0 Å². The van der Waals surface area contributed by atoms with Gasteiger partial charge in [0.1, 0.15) is 5.75 Å². The van der Waals surface area contributed by atoms with Gasteiger partial charge < -0.3 is 9.47 Å². The molecule has 2 rings (SSSR count). The minimum absolute atomic E-state index is 0.00224. The molecule has 0 amide bonds. The van der Waals surface area contributed by atoms with Crippen molar-refractivity contribution >= 4 is 33.3 Å². The second kappa shape index (κ2) is 7.55. The maximum atomic E-state index is 12.5. The molecule has 24 heavy (non-hydrogen) atoms. The standard InChI is InChI=1S/C16H16ClNO5S/c1-3-23-16(19)11-4-7-13(8-5-11)24(20,21)18-14-10-12(17)6-9-15(14)22-2/h4-10,18H,3H2,1-2H3. The van der Waals surface area contributed by atoms with Crippen LogP contribution < -0.4 is 9.46 Å². The lowest BCUT2D eigenvalue weighted by Gasteiger charge is -2.12. The van der Waals surface area contributed by atoms with Crippen LogP contribution in [-0.4, -0.2) is 28.1 Å². The molecule has 0 heterocycles. The first-order chi connectivity index (χ1) is 11.4. The molecule has 0 saturated carbocycles. The fraction of sp³-hybridized carbons (Fsp3) is 0.188. The fourth-order valence-corrected chi connectivity index (χ4v) is 3.18. The summed E-state index contributed by atoms with van der Waals surface area (Å²) in [6.45, 7) is 1.94. The van der Waals surface area contributed by atoms with Gasteiger partial charge in [-0.3, -0.25) is 4.72 Å². The van der Waals surface area contributed by atoms with E-state index in [9.17, 15) is 13.2 Å². The first kappa shape index (κ1) is 18.1. The van der Waals surface area contributed by atoms with Crippen molar-refractivity contribution in [3.05, 3.63) is 53.1 Å². The Morgan fingerprint density at radius 1 is 1.17 bits per heavy atom. The van der Waals surface area contributed by atoms with E-state index in [4.69, 9.17) is 21.1 Å². The maximum absolute atomic E-state index is 12.5. The predicted molar refractivity (Wildman–Crippen MR) is 91.2 cm³/mol. The van der Waals surface area contributed by atoms with Crippen molar-refractivity contribution in [1.82, 2.24) is 0 Å². The molecule has 0 saturated heterocycles. The van der Waals surface area contributed by atoms with Gasteiger partial charge in [0.25, 0.3) is 10.0 Å². The highest BCUT2D eigenvalue weighted by Crippen LogP contribution is 2.29. The minimum Gasteiger partial charge on any atom is -0.495 e. The van der Waals surface area contributed by atoms with Crippen LogP contribution in [0, 0.1) is 0 Å². The van der Waals surface area contributed by atoms with Crippen LogP contribution in [0.2, 0.25) is 5.02 Å². The highest BCUT2D eigenvalue weighted by atomic mass is 35.5. The third-order valence-electron chi connectivity index (χ3n) is 3.08. The lowest BCUT2D eigenvalue weighted by Crippen LogP contribution is -2.14. The monoisotopic (exact) mass is 369 g/mol.